The highest BCUT2D eigenvalue weighted by Gasteiger charge is 2.10. The molecule has 0 saturated heterocycles. The molecule has 0 unspecified atom stereocenters. The van der Waals surface area contributed by atoms with Gasteiger partial charge < -0.3 is 4.74 Å². The monoisotopic (exact) mass is 443 g/mol. The Kier molecular flexibility index (Phi) is 5.07. The summed E-state index contributed by atoms with van der Waals surface area (Å²) in [5.74, 6) is 1.54. The average Bonchev–Trinajstić information content (AvgIpc) is 2.91. The van der Waals surface area contributed by atoms with Crippen molar-refractivity contribution in [1.82, 2.24) is 0 Å². The van der Waals surface area contributed by atoms with Gasteiger partial charge in [0.2, 0.25) is 0 Å². The molecule has 0 bridgehead atoms. The van der Waals surface area contributed by atoms with Gasteiger partial charge in [0.25, 0.3) is 0 Å². The Labute approximate surface area is 206 Å². The molecule has 166 valence electrons. The molecule has 34 heavy (non-hydrogen) atoms. The summed E-state index contributed by atoms with van der Waals surface area (Å²) in [5.41, 5.74) is 8.09. The van der Waals surface area contributed by atoms with Crippen LogP contribution in [0.1, 0.15) is 20.8 Å². The van der Waals surface area contributed by atoms with E-state index in [-0.39, 0.29) is 0 Å². The van der Waals surface area contributed by atoms with Crippen molar-refractivity contribution in [2.75, 3.05) is 0 Å². The first-order valence-corrected chi connectivity index (χ1v) is 11.4. The van der Waals surface area contributed by atoms with Crippen LogP contribution in [0.25, 0.3) is 33.4 Å². The van der Waals surface area contributed by atoms with E-state index in [9.17, 15) is 0 Å². The molecule has 0 aromatic heterocycles. The molecular weight excluding hydrogens is 412 g/mol. The van der Waals surface area contributed by atoms with Crippen molar-refractivity contribution in [2.45, 2.75) is 20.7 Å². The lowest BCUT2D eigenvalue weighted by Gasteiger charge is -2.15. The maximum absolute atomic E-state index is 8.18. The zero-order valence-electron chi connectivity index (χ0n) is 22.4. The standard InChI is InChI=1S/C33H28O/c1-23-20-28(26-10-6-4-7-11-26)14-17-31(23)30-16-19-33(25(3)22-30)34-32-18-15-29(21-24(32)2)27-12-8-5-9-13-27/h4-22H,1-3H3/i1D3. The van der Waals surface area contributed by atoms with E-state index >= 15 is 0 Å². The summed E-state index contributed by atoms with van der Waals surface area (Å²) < 4.78 is 30.8. The molecule has 1 heteroatoms. The Bertz CT molecular complexity index is 1540. The molecule has 0 aliphatic heterocycles. The Morgan fingerprint density at radius 1 is 0.471 bits per heavy atom. The summed E-state index contributed by atoms with van der Waals surface area (Å²) in [7, 11) is 0. The van der Waals surface area contributed by atoms with Crippen molar-refractivity contribution in [1.29, 1.82) is 0 Å². The zero-order valence-corrected chi connectivity index (χ0v) is 19.4. The van der Waals surface area contributed by atoms with Crippen LogP contribution in [0, 0.1) is 20.7 Å². The fourth-order valence-electron chi connectivity index (χ4n) is 4.23. The fraction of sp³-hybridized carbons (Fsp3) is 0.0909. The SMILES string of the molecule is [2H]C([2H])([2H])c1cc(-c2ccccc2)ccc1-c1ccc(Oc2ccc(-c3ccccc3)cc2C)c(C)c1. The van der Waals surface area contributed by atoms with E-state index in [1.165, 1.54) is 5.56 Å². The van der Waals surface area contributed by atoms with Crippen LogP contribution in [0.3, 0.4) is 0 Å². The summed E-state index contributed by atoms with van der Waals surface area (Å²) in [6, 6.07) is 37.8. The Hall–Kier alpha value is -4.10. The van der Waals surface area contributed by atoms with E-state index in [0.717, 1.165) is 44.9 Å². The Morgan fingerprint density at radius 3 is 1.47 bits per heavy atom. The normalized spacial score (nSPS) is 12.5. The van der Waals surface area contributed by atoms with E-state index in [0.29, 0.717) is 11.1 Å². The average molecular weight is 444 g/mol. The molecule has 0 fully saturated rings. The van der Waals surface area contributed by atoms with Crippen molar-refractivity contribution >= 4 is 0 Å². The summed E-state index contributed by atoms with van der Waals surface area (Å²) in [4.78, 5) is 0. The first-order valence-electron chi connectivity index (χ1n) is 12.9. The van der Waals surface area contributed by atoms with Crippen molar-refractivity contribution in [2.24, 2.45) is 0 Å². The van der Waals surface area contributed by atoms with Crippen LogP contribution in [0.15, 0.2) is 115 Å². The lowest BCUT2D eigenvalue weighted by Crippen LogP contribution is -1.92. The molecular formula is C33H28O. The zero-order chi connectivity index (χ0) is 26.0. The molecule has 1 nitrogen and oxygen atoms in total. The van der Waals surface area contributed by atoms with Crippen LogP contribution in [0.2, 0.25) is 0 Å². The molecule has 0 aliphatic carbocycles. The van der Waals surface area contributed by atoms with Gasteiger partial charge in [0.05, 0.1) is 0 Å². The van der Waals surface area contributed by atoms with Crippen LogP contribution < -0.4 is 4.74 Å². The number of hydrogen-bond acceptors (Lipinski definition) is 1. The lowest BCUT2D eigenvalue weighted by molar-refractivity contribution is 0.475. The van der Waals surface area contributed by atoms with Gasteiger partial charge in [0, 0.05) is 4.11 Å². The smallest absolute Gasteiger partial charge is 0.130 e. The van der Waals surface area contributed by atoms with Crippen molar-refractivity contribution in [3.8, 4) is 44.9 Å². The second-order valence-electron chi connectivity index (χ2n) is 8.56. The molecule has 0 radical (unpaired) electrons. The van der Waals surface area contributed by atoms with E-state index in [1.54, 1.807) is 6.07 Å². The molecule has 0 aliphatic rings. The maximum atomic E-state index is 8.18. The van der Waals surface area contributed by atoms with Crippen molar-refractivity contribution in [3.63, 3.8) is 0 Å². The van der Waals surface area contributed by atoms with E-state index in [2.05, 4.69) is 24.3 Å². The van der Waals surface area contributed by atoms with Crippen LogP contribution in [-0.2, 0) is 0 Å². The van der Waals surface area contributed by atoms with Gasteiger partial charge in [-0.15, -0.1) is 0 Å². The molecule has 5 rings (SSSR count). The van der Waals surface area contributed by atoms with Gasteiger partial charge in [-0.1, -0.05) is 91.0 Å². The van der Waals surface area contributed by atoms with Gasteiger partial charge in [-0.25, -0.2) is 0 Å². The van der Waals surface area contributed by atoms with E-state index < -0.39 is 6.85 Å². The van der Waals surface area contributed by atoms with Crippen LogP contribution in [0.4, 0.5) is 0 Å². The number of rotatable bonds is 5. The van der Waals surface area contributed by atoms with Crippen LogP contribution in [-0.4, -0.2) is 0 Å². The second-order valence-corrected chi connectivity index (χ2v) is 8.56. The second kappa shape index (κ2) is 9.41. The summed E-state index contributed by atoms with van der Waals surface area (Å²) in [6.45, 7) is 1.79. The molecule has 0 spiro atoms. The fourth-order valence-corrected chi connectivity index (χ4v) is 4.23. The maximum Gasteiger partial charge on any atom is 0.130 e. The predicted octanol–water partition coefficient (Wildman–Crippen LogP) is 9.41. The van der Waals surface area contributed by atoms with Gasteiger partial charge in [-0.3, -0.25) is 0 Å². The molecule has 0 amide bonds. The minimum absolute atomic E-state index is 0.342. The third-order valence-electron chi connectivity index (χ3n) is 6.11. The highest BCUT2D eigenvalue weighted by Crippen LogP contribution is 2.34. The highest BCUT2D eigenvalue weighted by atomic mass is 16.5. The third-order valence-corrected chi connectivity index (χ3v) is 6.11. The molecule has 0 saturated carbocycles. The van der Waals surface area contributed by atoms with Crippen LogP contribution >= 0.6 is 0 Å². The van der Waals surface area contributed by atoms with E-state index in [4.69, 9.17) is 8.85 Å². The number of aryl methyl sites for hydroxylation is 3. The topological polar surface area (TPSA) is 9.23 Å². The largest absolute Gasteiger partial charge is 0.457 e. The van der Waals surface area contributed by atoms with Gasteiger partial charge in [-0.2, -0.15) is 0 Å². The van der Waals surface area contributed by atoms with Crippen molar-refractivity contribution in [3.05, 3.63) is 132 Å². The summed E-state index contributed by atoms with van der Waals surface area (Å²) >= 11 is 0. The quantitative estimate of drug-likeness (QED) is 0.263. The molecule has 0 atom stereocenters. The van der Waals surface area contributed by atoms with Gasteiger partial charge in [-0.05, 0) is 95.0 Å². The predicted molar refractivity (Wildman–Crippen MR) is 143 cm³/mol. The van der Waals surface area contributed by atoms with Crippen molar-refractivity contribution < 1.29 is 8.85 Å². The summed E-state index contributed by atoms with van der Waals surface area (Å²) in [6.07, 6.45) is 0. The first-order chi connectivity index (χ1) is 17.8. The number of hydrogen-bond donors (Lipinski definition) is 0. The van der Waals surface area contributed by atoms with Gasteiger partial charge in [0.1, 0.15) is 11.5 Å². The van der Waals surface area contributed by atoms with Crippen LogP contribution in [0.5, 0.6) is 11.5 Å². The van der Waals surface area contributed by atoms with E-state index in [1.807, 2.05) is 98.8 Å². The summed E-state index contributed by atoms with van der Waals surface area (Å²) in [5, 5.41) is 0. The minimum Gasteiger partial charge on any atom is -0.457 e. The Morgan fingerprint density at radius 2 is 0.941 bits per heavy atom. The van der Waals surface area contributed by atoms with Gasteiger partial charge >= 0.3 is 0 Å². The number of benzene rings is 5. The molecule has 5 aromatic carbocycles. The molecule has 5 aromatic rings. The Balaban J connectivity index is 1.45. The lowest BCUT2D eigenvalue weighted by atomic mass is 9.95. The van der Waals surface area contributed by atoms with Gasteiger partial charge in [0.15, 0.2) is 0 Å². The third kappa shape index (κ3) is 4.51. The highest BCUT2D eigenvalue weighted by molar-refractivity contribution is 5.74. The number of ether oxygens (including phenoxy) is 1. The minimum atomic E-state index is -2.24. The molecule has 0 N–H and O–H groups in total. The molecule has 0 heterocycles. The first kappa shape index (κ1) is 18.3.